The van der Waals surface area contributed by atoms with E-state index in [4.69, 9.17) is 0 Å². The van der Waals surface area contributed by atoms with Crippen molar-refractivity contribution in [1.29, 1.82) is 0 Å². The lowest BCUT2D eigenvalue weighted by Gasteiger charge is -2.03. The number of benzene rings is 1. The van der Waals surface area contributed by atoms with Crippen LogP contribution in [0.25, 0.3) is 0 Å². The Morgan fingerprint density at radius 2 is 2.29 bits per heavy atom. The number of halogens is 1. The number of aromatic nitrogens is 3. The molecule has 0 aliphatic carbocycles. The molecule has 0 spiro atoms. The van der Waals surface area contributed by atoms with E-state index in [1.807, 2.05) is 0 Å². The van der Waals surface area contributed by atoms with Gasteiger partial charge in [0.15, 0.2) is 0 Å². The van der Waals surface area contributed by atoms with Gasteiger partial charge in [-0.3, -0.25) is 10.1 Å². The Hall–Kier alpha value is -2.35. The van der Waals surface area contributed by atoms with Crippen molar-refractivity contribution in [1.82, 2.24) is 20.3 Å². The highest BCUT2D eigenvalue weighted by Crippen LogP contribution is 2.20. The lowest BCUT2D eigenvalue weighted by molar-refractivity contribution is -0.385. The summed E-state index contributed by atoms with van der Waals surface area (Å²) >= 11 is 0. The van der Waals surface area contributed by atoms with Gasteiger partial charge in [0.25, 0.3) is 5.69 Å². The minimum atomic E-state index is -0.532. The van der Waals surface area contributed by atoms with E-state index in [0.29, 0.717) is 6.54 Å². The third kappa shape index (κ3) is 4.06. The maximum Gasteiger partial charge on any atom is 0.274 e. The molecule has 1 aromatic heterocycles. The van der Waals surface area contributed by atoms with Gasteiger partial charge in [0, 0.05) is 12.6 Å². The quantitative estimate of drug-likeness (QED) is 0.478. The Labute approximate surface area is 120 Å². The Balaban J connectivity index is 2.11. The standard InChI is InChI=1S/C13H16FN5O2/c1-2-5-15-7-12-9-18(17-16-12)8-10-6-11(14)3-4-13(10)19(20)21/h3-4,6,9,15H,2,5,7-8H2,1H3. The van der Waals surface area contributed by atoms with E-state index in [0.717, 1.165) is 36.9 Å². The highest BCUT2D eigenvalue weighted by Gasteiger charge is 2.15. The molecule has 1 aromatic carbocycles. The van der Waals surface area contributed by atoms with Crippen LogP contribution in [0.15, 0.2) is 24.4 Å². The molecule has 0 radical (unpaired) electrons. The molecule has 7 nitrogen and oxygen atoms in total. The molecule has 8 heteroatoms. The maximum atomic E-state index is 13.2. The molecular weight excluding hydrogens is 277 g/mol. The van der Waals surface area contributed by atoms with Gasteiger partial charge in [-0.2, -0.15) is 0 Å². The summed E-state index contributed by atoms with van der Waals surface area (Å²) in [6.07, 6.45) is 2.71. The number of nitrogens with zero attached hydrogens (tertiary/aromatic N) is 4. The highest BCUT2D eigenvalue weighted by molar-refractivity contribution is 5.40. The molecule has 0 aliphatic heterocycles. The SMILES string of the molecule is CCCNCc1cn(Cc2cc(F)ccc2[N+](=O)[O-])nn1. The molecule has 0 aliphatic rings. The maximum absolute atomic E-state index is 13.2. The number of rotatable bonds is 7. The molecule has 0 amide bonds. The van der Waals surface area contributed by atoms with Crippen molar-refractivity contribution in [2.24, 2.45) is 0 Å². The molecule has 0 atom stereocenters. The van der Waals surface area contributed by atoms with Crippen molar-refractivity contribution in [3.63, 3.8) is 0 Å². The van der Waals surface area contributed by atoms with E-state index < -0.39 is 10.7 Å². The largest absolute Gasteiger partial charge is 0.311 e. The summed E-state index contributed by atoms with van der Waals surface area (Å²) in [5, 5.41) is 22.0. The summed E-state index contributed by atoms with van der Waals surface area (Å²) in [5.41, 5.74) is 0.873. The average Bonchev–Trinajstić information content (AvgIpc) is 2.86. The van der Waals surface area contributed by atoms with Crippen molar-refractivity contribution < 1.29 is 9.31 Å². The zero-order valence-electron chi connectivity index (χ0n) is 11.6. The third-order valence-electron chi connectivity index (χ3n) is 2.89. The average molecular weight is 293 g/mol. The van der Waals surface area contributed by atoms with Gasteiger partial charge < -0.3 is 5.32 Å². The summed E-state index contributed by atoms with van der Waals surface area (Å²) in [6, 6.07) is 3.38. The van der Waals surface area contributed by atoms with Gasteiger partial charge in [-0.25, -0.2) is 9.07 Å². The Bertz CT molecular complexity index is 629. The molecular formula is C13H16FN5O2. The normalized spacial score (nSPS) is 10.8. The van der Waals surface area contributed by atoms with E-state index in [1.54, 1.807) is 6.20 Å². The first-order valence-corrected chi connectivity index (χ1v) is 6.62. The first kappa shape index (κ1) is 15.0. The lowest BCUT2D eigenvalue weighted by Crippen LogP contribution is -2.13. The highest BCUT2D eigenvalue weighted by atomic mass is 19.1. The van der Waals surface area contributed by atoms with Crippen LogP contribution in [0, 0.1) is 15.9 Å². The summed E-state index contributed by atoms with van der Waals surface area (Å²) < 4.78 is 14.7. The zero-order valence-corrected chi connectivity index (χ0v) is 11.6. The second kappa shape index (κ2) is 6.89. The van der Waals surface area contributed by atoms with Gasteiger partial charge in [0.1, 0.15) is 5.82 Å². The molecule has 2 rings (SSSR count). The lowest BCUT2D eigenvalue weighted by atomic mass is 10.2. The van der Waals surface area contributed by atoms with Crippen LogP contribution in [-0.2, 0) is 13.1 Å². The first-order chi connectivity index (χ1) is 10.1. The summed E-state index contributed by atoms with van der Waals surface area (Å²) in [6.45, 7) is 3.63. The van der Waals surface area contributed by atoms with E-state index >= 15 is 0 Å². The molecule has 0 unspecified atom stereocenters. The van der Waals surface area contributed by atoms with Crippen LogP contribution in [0.5, 0.6) is 0 Å². The molecule has 0 fully saturated rings. The molecule has 1 N–H and O–H groups in total. The van der Waals surface area contributed by atoms with Crippen molar-refractivity contribution in [3.8, 4) is 0 Å². The van der Waals surface area contributed by atoms with Crippen molar-refractivity contribution in [3.05, 3.63) is 51.6 Å². The fourth-order valence-electron chi connectivity index (χ4n) is 1.92. The summed E-state index contributed by atoms with van der Waals surface area (Å²) in [5.74, 6) is -0.513. The minimum absolute atomic E-state index is 0.106. The second-order valence-electron chi connectivity index (χ2n) is 4.61. The molecule has 21 heavy (non-hydrogen) atoms. The number of nitro groups is 1. The topological polar surface area (TPSA) is 85.9 Å². The van der Waals surface area contributed by atoms with Gasteiger partial charge in [-0.1, -0.05) is 12.1 Å². The molecule has 112 valence electrons. The van der Waals surface area contributed by atoms with Crippen molar-refractivity contribution in [2.45, 2.75) is 26.4 Å². The van der Waals surface area contributed by atoms with Gasteiger partial charge in [0.05, 0.1) is 28.9 Å². The number of nitro benzene ring substituents is 1. The predicted octanol–water partition coefficient (Wildman–Crippen LogP) is 1.87. The fourth-order valence-corrected chi connectivity index (χ4v) is 1.92. The molecule has 2 aromatic rings. The molecule has 1 heterocycles. The minimum Gasteiger partial charge on any atom is -0.311 e. The van der Waals surface area contributed by atoms with Crippen LogP contribution in [0.1, 0.15) is 24.6 Å². The summed E-state index contributed by atoms with van der Waals surface area (Å²) in [7, 11) is 0. The predicted molar refractivity (Wildman–Crippen MR) is 74.2 cm³/mol. The van der Waals surface area contributed by atoms with E-state index in [-0.39, 0.29) is 17.8 Å². The smallest absolute Gasteiger partial charge is 0.274 e. The van der Waals surface area contributed by atoms with Gasteiger partial charge in [-0.05, 0) is 25.1 Å². The third-order valence-corrected chi connectivity index (χ3v) is 2.89. The van der Waals surface area contributed by atoms with Crippen LogP contribution in [-0.4, -0.2) is 26.5 Å². The van der Waals surface area contributed by atoms with Crippen LogP contribution in [0.2, 0.25) is 0 Å². The zero-order chi connectivity index (χ0) is 15.2. The van der Waals surface area contributed by atoms with Crippen LogP contribution in [0.4, 0.5) is 10.1 Å². The number of hydrogen-bond donors (Lipinski definition) is 1. The number of hydrogen-bond acceptors (Lipinski definition) is 5. The van der Waals surface area contributed by atoms with Crippen LogP contribution < -0.4 is 5.32 Å². The van der Waals surface area contributed by atoms with Gasteiger partial charge in [0.2, 0.25) is 0 Å². The molecule has 0 bridgehead atoms. The Morgan fingerprint density at radius 1 is 1.48 bits per heavy atom. The van der Waals surface area contributed by atoms with Crippen molar-refractivity contribution in [2.75, 3.05) is 6.54 Å². The van der Waals surface area contributed by atoms with E-state index in [2.05, 4.69) is 22.6 Å². The Kier molecular flexibility index (Phi) is 4.94. The first-order valence-electron chi connectivity index (χ1n) is 6.62. The van der Waals surface area contributed by atoms with E-state index in [1.165, 1.54) is 4.68 Å². The van der Waals surface area contributed by atoms with Crippen molar-refractivity contribution >= 4 is 5.69 Å². The Morgan fingerprint density at radius 3 is 3.00 bits per heavy atom. The molecule has 0 saturated heterocycles. The number of nitrogens with one attached hydrogen (secondary N) is 1. The van der Waals surface area contributed by atoms with Gasteiger partial charge in [-0.15, -0.1) is 5.10 Å². The van der Waals surface area contributed by atoms with Crippen LogP contribution in [0.3, 0.4) is 0 Å². The monoisotopic (exact) mass is 293 g/mol. The second-order valence-corrected chi connectivity index (χ2v) is 4.61. The fraction of sp³-hybridized carbons (Fsp3) is 0.385. The molecule has 0 saturated carbocycles. The van der Waals surface area contributed by atoms with Gasteiger partial charge >= 0.3 is 0 Å². The van der Waals surface area contributed by atoms with E-state index in [9.17, 15) is 14.5 Å². The summed E-state index contributed by atoms with van der Waals surface area (Å²) in [4.78, 5) is 10.4. The van der Waals surface area contributed by atoms with Crippen LogP contribution >= 0.6 is 0 Å².